The fraction of sp³-hybridized carbons (Fsp3) is 0.212. The van der Waals surface area contributed by atoms with Crippen molar-refractivity contribution in [3.63, 3.8) is 0 Å². The molecule has 0 aliphatic rings. The zero-order valence-electron chi connectivity index (χ0n) is 70.5. The number of anilines is 10. The third kappa shape index (κ3) is 33.7. The molecule has 2 heterocycles. The minimum Gasteiger partial charge on any atom is -0.491 e. The largest absolute Gasteiger partial charge is 0.491 e. The molecule has 0 saturated carbocycles. The first kappa shape index (κ1) is 104. The summed E-state index contributed by atoms with van der Waals surface area (Å²) in [4.78, 5) is 136. The second-order valence-corrected chi connectivity index (χ2v) is 32.6. The maximum atomic E-state index is 13.5. The summed E-state index contributed by atoms with van der Waals surface area (Å²) in [6, 6.07) is 26.9. The number of unbranched alkanes of at least 4 members (excludes halogenated alkanes) is 1. The van der Waals surface area contributed by atoms with Crippen LogP contribution < -0.4 is 50.8 Å². The minimum absolute atomic E-state index is 0.00512. The average molecular weight is 1990 g/mol. The van der Waals surface area contributed by atoms with Gasteiger partial charge in [-0.05, 0) is 166 Å². The van der Waals surface area contributed by atoms with Gasteiger partial charge in [-0.1, -0.05) is 10.1 Å². The van der Waals surface area contributed by atoms with Crippen molar-refractivity contribution in [1.82, 2.24) is 29.9 Å². The van der Waals surface area contributed by atoms with E-state index < -0.39 is 155 Å². The molecule has 19 N–H and O–H groups in total. The lowest BCUT2D eigenvalue weighted by molar-refractivity contribution is -0.432. The number of aromatic nitrogens is 6. The van der Waals surface area contributed by atoms with Gasteiger partial charge in [-0.3, -0.25) is 9.11 Å². The summed E-state index contributed by atoms with van der Waals surface area (Å²) < 4.78 is 99.7. The third-order valence-electron chi connectivity index (χ3n) is 17.7. The SMILES string of the molecule is O=C(O)c1cc(N=Nc2ccc(Nc3nc(NCCCCC(Nc4nc(Nc5ccc(N=Nc6cc(C(=O)O)cc(C(=O)O)c6)cc5OCCCSOOO)nc(Nc5ccc(N=Nc6cc(C(=O)O)cc(C(=O)O)c6)cc5OCCCS(=O)(=O)O)n4)C(=O)O)nc(Nc4ccc(N=Nc5cc(C(=O)O)cc(C(=O)O)c5)cc4OCCCS(=O)(=O)O)n3)c(OCCCSOOO)c2)cc(C(=O)O)c1. The number of aliphatic carboxylic acids is 1. The lowest BCUT2D eigenvalue weighted by Gasteiger charge is -2.18. The molecule has 0 radical (unpaired) electrons. The van der Waals surface area contributed by atoms with Gasteiger partial charge < -0.3 is 96.8 Å². The standard InChI is InChI=1S/C80H76N20O34S4/c101-66(102)41-25-42(67(103)104)30-53(29-41)97-93-49-8-12-57(62(37-49)127-17-3-21-135-133-131-119)82-76-87-75(88-77(89-76)83-59-14-10-51(39-64(59)129-19-5-23-137(121,122)123)95-99-55-33-45(70(109)110)27-46(34-55)71(111)112)81-16-2-1-7-61(74(117)118)86-80-91-78(84-58-13-9-50(38-63(58)128-18-4-22-136-134-132-120)94-98-54-31-43(68(105)106)26-44(32-54)69(107)108)90-79(92-80)85-60-15-11-52(40-65(60)130-20-6-24-138(124,125)126)96-100-56-35-47(72(113)114)28-48(36-56)73(115)116/h8-15,25-40,61,119-120H,1-7,16-24H2,(H,101,102)(H,103,104)(H,105,106)(H,107,108)(H,109,110)(H,111,112)(H,113,114)(H,115,116)(H,117,118)(H,121,122,123)(H,124,125,126)(H3,81,82,83,87,88,89)(H3,84,85,86,90,91,92). The van der Waals surface area contributed by atoms with E-state index in [4.69, 9.17) is 29.5 Å². The van der Waals surface area contributed by atoms with Crippen LogP contribution in [0.1, 0.15) is 128 Å². The number of carboxylic acids is 9. The van der Waals surface area contributed by atoms with E-state index in [0.29, 0.717) is 12.0 Å². The summed E-state index contributed by atoms with van der Waals surface area (Å²) in [5, 5.41) is 164. The molecule has 10 rings (SSSR count). The molecular formula is C80H76N20O34S4. The Morgan fingerprint density at radius 1 is 0.319 bits per heavy atom. The molecule has 0 amide bonds. The third-order valence-corrected chi connectivity index (χ3v) is 20.6. The maximum absolute atomic E-state index is 13.5. The van der Waals surface area contributed by atoms with Gasteiger partial charge in [-0.25, -0.2) is 53.7 Å². The first-order valence-electron chi connectivity index (χ1n) is 39.5. The Morgan fingerprint density at radius 2 is 0.572 bits per heavy atom. The van der Waals surface area contributed by atoms with Crippen molar-refractivity contribution < 1.29 is 163 Å². The summed E-state index contributed by atoms with van der Waals surface area (Å²) in [6.07, 6.45) is -0.192. The van der Waals surface area contributed by atoms with Crippen molar-refractivity contribution in [2.45, 2.75) is 51.0 Å². The highest BCUT2D eigenvalue weighted by atomic mass is 32.2. The van der Waals surface area contributed by atoms with Crippen molar-refractivity contribution in [2.24, 2.45) is 40.9 Å². The highest BCUT2D eigenvalue weighted by molar-refractivity contribution is 7.94. The molecule has 54 nitrogen and oxygen atoms in total. The summed E-state index contributed by atoms with van der Waals surface area (Å²) in [5.74, 6) is -16.6. The molecule has 58 heteroatoms. The lowest BCUT2D eigenvalue weighted by Crippen LogP contribution is -2.30. The number of hydrogen-bond donors (Lipinski definition) is 19. The normalized spacial score (nSPS) is 11.7. The van der Waals surface area contributed by atoms with Crippen LogP contribution in [-0.2, 0) is 43.8 Å². The number of hydrogen-bond acceptors (Lipinski definition) is 45. The number of rotatable bonds is 57. The number of carbonyl (C=O) groups is 9. The molecular weight excluding hydrogens is 1910 g/mol. The van der Waals surface area contributed by atoms with Gasteiger partial charge in [0.15, 0.2) is 0 Å². The smallest absolute Gasteiger partial charge is 0.335 e. The summed E-state index contributed by atoms with van der Waals surface area (Å²) in [6.45, 7) is -1.00. The lowest BCUT2D eigenvalue weighted by atomic mass is 10.1. The summed E-state index contributed by atoms with van der Waals surface area (Å²) >= 11 is 1.43. The van der Waals surface area contributed by atoms with Gasteiger partial charge in [0.05, 0.1) is 151 Å². The van der Waals surface area contributed by atoms with Gasteiger partial charge in [0.25, 0.3) is 20.2 Å². The molecule has 724 valence electrons. The van der Waals surface area contributed by atoms with E-state index >= 15 is 0 Å². The molecule has 2 aromatic heterocycles. The fourth-order valence-electron chi connectivity index (χ4n) is 11.6. The Bertz CT molecular complexity index is 6440. The summed E-state index contributed by atoms with van der Waals surface area (Å²) in [7, 11) is -9.04. The Kier molecular flexibility index (Phi) is 37.7. The van der Waals surface area contributed by atoms with Crippen molar-refractivity contribution >= 4 is 202 Å². The fourth-order valence-corrected chi connectivity index (χ4v) is 13.2. The van der Waals surface area contributed by atoms with E-state index in [9.17, 15) is 115 Å². The van der Waals surface area contributed by atoms with E-state index in [1.54, 1.807) is 0 Å². The quantitative estimate of drug-likeness (QED) is 0.00420. The summed E-state index contributed by atoms with van der Waals surface area (Å²) in [5.41, 5.74) is -3.91. The van der Waals surface area contributed by atoms with Crippen LogP contribution in [0.25, 0.3) is 0 Å². The first-order valence-corrected chi connectivity index (χ1v) is 44.6. The number of carboxylic acid groups (broad SMARTS) is 9. The van der Waals surface area contributed by atoms with Gasteiger partial charge in [0, 0.05) is 66.4 Å². The van der Waals surface area contributed by atoms with Gasteiger partial charge in [0.1, 0.15) is 29.0 Å². The molecule has 1 unspecified atom stereocenters. The molecule has 1 atom stereocenters. The van der Waals surface area contributed by atoms with Crippen LogP contribution in [0.5, 0.6) is 23.0 Å². The van der Waals surface area contributed by atoms with Crippen LogP contribution in [-0.4, -0.2) is 228 Å². The molecule has 0 fully saturated rings. The molecule has 138 heavy (non-hydrogen) atoms. The van der Waals surface area contributed by atoms with Gasteiger partial charge in [-0.15, -0.1) is 8.67 Å². The Labute approximate surface area is 784 Å². The van der Waals surface area contributed by atoms with Gasteiger partial charge in [-0.2, -0.15) is 87.7 Å². The van der Waals surface area contributed by atoms with Crippen molar-refractivity contribution in [3.05, 3.63) is 190 Å². The van der Waals surface area contributed by atoms with Crippen LogP contribution >= 0.6 is 24.1 Å². The van der Waals surface area contributed by atoms with Crippen LogP contribution in [0.15, 0.2) is 187 Å². The topological polar surface area (TPSA) is 807 Å². The van der Waals surface area contributed by atoms with Crippen molar-refractivity contribution in [1.29, 1.82) is 0 Å². The zero-order valence-corrected chi connectivity index (χ0v) is 73.8. The number of aromatic carboxylic acids is 8. The average Bonchev–Trinajstić information content (AvgIpc) is 0.722. The first-order chi connectivity index (χ1) is 65.9. The van der Waals surface area contributed by atoms with Gasteiger partial charge in [0.2, 0.25) is 35.7 Å². The maximum Gasteiger partial charge on any atom is 0.335 e. The van der Waals surface area contributed by atoms with E-state index in [0.717, 1.165) is 84.8 Å². The van der Waals surface area contributed by atoms with E-state index in [1.807, 2.05) is 0 Å². The Morgan fingerprint density at radius 3 is 0.826 bits per heavy atom. The molecule has 0 bridgehead atoms. The van der Waals surface area contributed by atoms with Crippen molar-refractivity contribution in [2.75, 3.05) is 87.9 Å². The van der Waals surface area contributed by atoms with Crippen molar-refractivity contribution in [3.8, 4) is 23.0 Å². The van der Waals surface area contributed by atoms with Crippen LogP contribution in [0.3, 0.4) is 0 Å². The van der Waals surface area contributed by atoms with Crippen LogP contribution in [0.4, 0.5) is 104 Å². The monoisotopic (exact) mass is 1990 g/mol. The number of nitrogens with zero attached hydrogens (tertiary/aromatic N) is 14. The number of nitrogens with one attached hydrogen (secondary N) is 6. The van der Waals surface area contributed by atoms with Crippen LogP contribution in [0, 0.1) is 0 Å². The zero-order chi connectivity index (χ0) is 99.6. The molecule has 8 aromatic carbocycles. The van der Waals surface area contributed by atoms with E-state index in [1.165, 1.54) is 72.8 Å². The number of benzene rings is 8. The number of ether oxygens (including phenoxy) is 4. The molecule has 0 saturated heterocycles. The molecule has 0 aliphatic heterocycles. The minimum atomic E-state index is -4.53. The molecule has 0 aliphatic carbocycles. The second kappa shape index (κ2) is 50.1. The van der Waals surface area contributed by atoms with Crippen LogP contribution in [0.2, 0.25) is 0 Å². The highest BCUT2D eigenvalue weighted by Crippen LogP contribution is 2.40. The van der Waals surface area contributed by atoms with E-state index in [2.05, 4.69) is 121 Å². The molecule has 0 spiro atoms. The Balaban J connectivity index is 0.995. The predicted octanol–water partition coefficient (Wildman–Crippen LogP) is 15.4. The number of azo groups is 4. The van der Waals surface area contributed by atoms with Gasteiger partial charge >= 0.3 is 53.7 Å². The Hall–Kier alpha value is -16.3. The highest BCUT2D eigenvalue weighted by Gasteiger charge is 2.25. The predicted molar refractivity (Wildman–Crippen MR) is 482 cm³/mol. The second-order valence-electron chi connectivity index (χ2n) is 27.9. The van der Waals surface area contributed by atoms with E-state index in [-0.39, 0.29) is 198 Å². The molecule has 10 aromatic rings.